The van der Waals surface area contributed by atoms with Gasteiger partial charge in [0, 0.05) is 10.6 Å². The number of rotatable bonds is 3. The van der Waals surface area contributed by atoms with Crippen LogP contribution < -0.4 is 5.73 Å². The zero-order valence-electron chi connectivity index (χ0n) is 11.5. The molecule has 0 radical (unpaired) electrons. The molecule has 1 saturated carbocycles. The number of halogens is 1. The first-order chi connectivity index (χ1) is 8.55. The summed E-state index contributed by atoms with van der Waals surface area (Å²) in [5.74, 6) is 0.882. The van der Waals surface area contributed by atoms with Crippen molar-refractivity contribution in [2.45, 2.75) is 57.9 Å². The molecule has 0 spiro atoms. The highest BCUT2D eigenvalue weighted by Crippen LogP contribution is 2.39. The van der Waals surface area contributed by atoms with E-state index in [2.05, 4.69) is 25.1 Å². The van der Waals surface area contributed by atoms with E-state index in [1.165, 1.54) is 31.2 Å². The summed E-state index contributed by atoms with van der Waals surface area (Å²) in [6, 6.07) is 6.31. The minimum Gasteiger partial charge on any atom is -0.321 e. The first-order valence-electron chi connectivity index (χ1n) is 7.10. The molecule has 2 N–H and O–H groups in total. The van der Waals surface area contributed by atoms with Crippen molar-refractivity contribution < 1.29 is 0 Å². The number of nitrogens with two attached hydrogens (primary N) is 1. The van der Waals surface area contributed by atoms with E-state index in [0.717, 1.165) is 29.3 Å². The molecular weight excluding hydrogens is 242 g/mol. The number of hydrogen-bond donors (Lipinski definition) is 1. The molecule has 0 aromatic heterocycles. The lowest BCUT2D eigenvalue weighted by molar-refractivity contribution is 0.226. The Hall–Kier alpha value is -0.530. The Morgan fingerprint density at radius 1 is 1.33 bits per heavy atom. The predicted molar refractivity (Wildman–Crippen MR) is 78.9 cm³/mol. The Kier molecular flexibility index (Phi) is 4.34. The van der Waals surface area contributed by atoms with Gasteiger partial charge in [0.05, 0.1) is 0 Å². The lowest BCUT2D eigenvalue weighted by Gasteiger charge is -2.38. The summed E-state index contributed by atoms with van der Waals surface area (Å²) in [4.78, 5) is 0. The van der Waals surface area contributed by atoms with Gasteiger partial charge in [-0.15, -0.1) is 0 Å². The lowest BCUT2D eigenvalue weighted by atomic mass is 9.72. The van der Waals surface area contributed by atoms with Crippen LogP contribution in [0.25, 0.3) is 0 Å². The summed E-state index contributed by atoms with van der Waals surface area (Å²) >= 11 is 6.22. The molecule has 1 aliphatic carbocycles. The van der Waals surface area contributed by atoms with Gasteiger partial charge in [-0.1, -0.05) is 43.5 Å². The number of benzene rings is 1. The second-order valence-corrected chi connectivity index (χ2v) is 6.26. The number of hydrogen-bond acceptors (Lipinski definition) is 1. The van der Waals surface area contributed by atoms with Crippen molar-refractivity contribution in [3.63, 3.8) is 0 Å². The van der Waals surface area contributed by atoms with Crippen molar-refractivity contribution in [2.75, 3.05) is 0 Å². The third-order valence-electron chi connectivity index (χ3n) is 4.44. The Morgan fingerprint density at radius 3 is 2.56 bits per heavy atom. The van der Waals surface area contributed by atoms with Crippen molar-refractivity contribution in [2.24, 2.45) is 11.7 Å². The van der Waals surface area contributed by atoms with E-state index in [1.54, 1.807) is 0 Å². The Labute approximate surface area is 116 Å². The highest BCUT2D eigenvalue weighted by molar-refractivity contribution is 6.31. The largest absolute Gasteiger partial charge is 0.321 e. The molecule has 0 saturated heterocycles. The van der Waals surface area contributed by atoms with Crippen LogP contribution in [0.2, 0.25) is 5.02 Å². The van der Waals surface area contributed by atoms with E-state index in [0.29, 0.717) is 0 Å². The second kappa shape index (κ2) is 5.63. The maximum atomic E-state index is 6.60. The van der Waals surface area contributed by atoms with Gasteiger partial charge in [-0.2, -0.15) is 0 Å². The van der Waals surface area contributed by atoms with Crippen LogP contribution >= 0.6 is 11.6 Å². The van der Waals surface area contributed by atoms with Gasteiger partial charge in [0.25, 0.3) is 0 Å². The minimum atomic E-state index is -0.151. The van der Waals surface area contributed by atoms with E-state index in [1.807, 2.05) is 6.92 Å². The summed E-state index contributed by atoms with van der Waals surface area (Å²) in [7, 11) is 0. The molecule has 1 aromatic carbocycles. The molecule has 18 heavy (non-hydrogen) atoms. The van der Waals surface area contributed by atoms with Crippen LogP contribution in [0.1, 0.15) is 56.6 Å². The fourth-order valence-corrected chi connectivity index (χ4v) is 3.26. The highest BCUT2D eigenvalue weighted by Gasteiger charge is 2.33. The zero-order valence-corrected chi connectivity index (χ0v) is 12.3. The van der Waals surface area contributed by atoms with E-state index in [-0.39, 0.29) is 5.54 Å². The van der Waals surface area contributed by atoms with Gasteiger partial charge >= 0.3 is 0 Å². The topological polar surface area (TPSA) is 26.0 Å². The minimum absolute atomic E-state index is 0.151. The van der Waals surface area contributed by atoms with Crippen LogP contribution in [0, 0.1) is 12.8 Å². The van der Waals surface area contributed by atoms with Crippen molar-refractivity contribution in [1.29, 1.82) is 0 Å². The third kappa shape index (κ3) is 2.89. The Morgan fingerprint density at radius 2 is 2.00 bits per heavy atom. The van der Waals surface area contributed by atoms with Crippen LogP contribution in [0.5, 0.6) is 0 Å². The molecular formula is C16H24ClN. The molecule has 0 atom stereocenters. The van der Waals surface area contributed by atoms with Crippen LogP contribution in [-0.4, -0.2) is 0 Å². The molecule has 0 bridgehead atoms. The maximum absolute atomic E-state index is 6.60. The average molecular weight is 266 g/mol. The highest BCUT2D eigenvalue weighted by atomic mass is 35.5. The monoisotopic (exact) mass is 265 g/mol. The second-order valence-electron chi connectivity index (χ2n) is 5.85. The maximum Gasteiger partial charge on any atom is 0.0438 e. The first-order valence-corrected chi connectivity index (χ1v) is 7.48. The van der Waals surface area contributed by atoms with Crippen LogP contribution in [0.15, 0.2) is 18.2 Å². The molecule has 1 aromatic rings. The van der Waals surface area contributed by atoms with Gasteiger partial charge in [0.2, 0.25) is 0 Å². The van der Waals surface area contributed by atoms with E-state index in [4.69, 9.17) is 17.3 Å². The van der Waals surface area contributed by atoms with Gasteiger partial charge in [0.1, 0.15) is 0 Å². The predicted octanol–water partition coefficient (Wildman–Crippen LogP) is 4.79. The standard InChI is InChI=1S/C16H24ClN/c1-3-4-13-7-9-16(18,10-8-13)14-6-5-12(2)15(17)11-14/h5-6,11,13H,3-4,7-10,18H2,1-2H3. The van der Waals surface area contributed by atoms with Crippen LogP contribution in [0.3, 0.4) is 0 Å². The SMILES string of the molecule is CCCC1CCC(N)(c2ccc(C)c(Cl)c2)CC1. The molecule has 2 rings (SSSR count). The summed E-state index contributed by atoms with van der Waals surface area (Å²) in [5.41, 5.74) is 8.79. The molecule has 2 heteroatoms. The number of aryl methyl sites for hydroxylation is 1. The summed E-state index contributed by atoms with van der Waals surface area (Å²) in [5, 5.41) is 0.841. The molecule has 100 valence electrons. The average Bonchev–Trinajstić information content (AvgIpc) is 2.36. The zero-order chi connectivity index (χ0) is 13.2. The molecule has 1 nitrogen and oxygen atoms in total. The molecule has 0 amide bonds. The molecule has 0 heterocycles. The van der Waals surface area contributed by atoms with Gasteiger partial charge in [-0.05, 0) is 55.7 Å². The molecule has 0 unspecified atom stereocenters. The van der Waals surface area contributed by atoms with Gasteiger partial charge in [0.15, 0.2) is 0 Å². The van der Waals surface area contributed by atoms with Crippen molar-refractivity contribution in [3.05, 3.63) is 34.3 Å². The van der Waals surface area contributed by atoms with E-state index < -0.39 is 0 Å². The normalized spacial score (nSPS) is 28.3. The summed E-state index contributed by atoms with van der Waals surface area (Å²) in [6.07, 6.45) is 7.35. The third-order valence-corrected chi connectivity index (χ3v) is 4.85. The van der Waals surface area contributed by atoms with Crippen LogP contribution in [-0.2, 0) is 5.54 Å². The molecule has 1 fully saturated rings. The summed E-state index contributed by atoms with van der Waals surface area (Å²) in [6.45, 7) is 4.30. The van der Waals surface area contributed by atoms with Crippen molar-refractivity contribution in [1.82, 2.24) is 0 Å². The van der Waals surface area contributed by atoms with Crippen molar-refractivity contribution >= 4 is 11.6 Å². The Balaban J connectivity index is 2.10. The quantitative estimate of drug-likeness (QED) is 0.835. The fourth-order valence-electron chi connectivity index (χ4n) is 3.08. The first kappa shape index (κ1) is 13.9. The molecule has 0 aliphatic heterocycles. The molecule has 1 aliphatic rings. The van der Waals surface area contributed by atoms with Gasteiger partial charge in [-0.3, -0.25) is 0 Å². The smallest absolute Gasteiger partial charge is 0.0438 e. The van der Waals surface area contributed by atoms with E-state index in [9.17, 15) is 0 Å². The summed E-state index contributed by atoms with van der Waals surface area (Å²) < 4.78 is 0. The lowest BCUT2D eigenvalue weighted by Crippen LogP contribution is -2.40. The van der Waals surface area contributed by atoms with Crippen LogP contribution in [0.4, 0.5) is 0 Å². The Bertz CT molecular complexity index is 406. The van der Waals surface area contributed by atoms with Gasteiger partial charge < -0.3 is 5.73 Å². The van der Waals surface area contributed by atoms with Gasteiger partial charge in [-0.25, -0.2) is 0 Å². The van der Waals surface area contributed by atoms with Crippen molar-refractivity contribution in [3.8, 4) is 0 Å². The van der Waals surface area contributed by atoms with E-state index >= 15 is 0 Å². The fraction of sp³-hybridized carbons (Fsp3) is 0.625.